The molecule has 1 aliphatic heterocycles. The Labute approximate surface area is 137 Å². The number of hydrogen-bond donors (Lipinski definition) is 2. The van der Waals surface area contributed by atoms with Crippen molar-refractivity contribution in [3.05, 3.63) is 18.2 Å². The summed E-state index contributed by atoms with van der Waals surface area (Å²) >= 11 is 0. The number of rotatable bonds is 5. The van der Waals surface area contributed by atoms with Gasteiger partial charge in [-0.15, -0.1) is 0 Å². The summed E-state index contributed by atoms with van der Waals surface area (Å²) in [7, 11) is 1.89. The summed E-state index contributed by atoms with van der Waals surface area (Å²) in [6.07, 6.45) is 8.29. The van der Waals surface area contributed by atoms with Crippen LogP contribution < -0.4 is 5.32 Å². The second-order valence-corrected chi connectivity index (χ2v) is 7.03. The molecule has 2 heterocycles. The molecular weight excluding hydrogens is 292 g/mol. The number of urea groups is 1. The third-order valence-electron chi connectivity index (χ3n) is 5.21. The highest BCUT2D eigenvalue weighted by molar-refractivity contribution is 5.75. The van der Waals surface area contributed by atoms with Crippen LogP contribution >= 0.6 is 0 Å². The molecular formula is C17H28N4O2. The average molecular weight is 320 g/mol. The second kappa shape index (κ2) is 6.91. The molecule has 3 rings (SSSR count). The monoisotopic (exact) mass is 320 g/mol. The van der Waals surface area contributed by atoms with Crippen molar-refractivity contribution in [1.82, 2.24) is 19.8 Å². The van der Waals surface area contributed by atoms with Gasteiger partial charge in [-0.1, -0.05) is 13.3 Å². The summed E-state index contributed by atoms with van der Waals surface area (Å²) in [4.78, 5) is 18.5. The van der Waals surface area contributed by atoms with Crippen LogP contribution in [0.4, 0.5) is 4.79 Å². The van der Waals surface area contributed by atoms with E-state index in [1.165, 1.54) is 12.8 Å². The van der Waals surface area contributed by atoms with Gasteiger partial charge in [0.15, 0.2) is 0 Å². The van der Waals surface area contributed by atoms with Crippen molar-refractivity contribution in [1.29, 1.82) is 0 Å². The van der Waals surface area contributed by atoms with Crippen molar-refractivity contribution in [2.75, 3.05) is 13.1 Å². The summed E-state index contributed by atoms with van der Waals surface area (Å²) in [6.45, 7) is 3.57. The Morgan fingerprint density at radius 2 is 2.39 bits per heavy atom. The molecule has 0 spiro atoms. The van der Waals surface area contributed by atoms with E-state index in [9.17, 15) is 9.90 Å². The molecule has 0 aromatic carbocycles. The minimum atomic E-state index is -0.612. The number of likely N-dealkylation sites (tertiary alicyclic amines) is 1. The molecule has 0 bridgehead atoms. The van der Waals surface area contributed by atoms with E-state index in [0.29, 0.717) is 24.3 Å². The van der Waals surface area contributed by atoms with E-state index in [4.69, 9.17) is 0 Å². The summed E-state index contributed by atoms with van der Waals surface area (Å²) in [5.74, 6) is 1.41. The van der Waals surface area contributed by atoms with E-state index < -0.39 is 6.10 Å². The van der Waals surface area contributed by atoms with Gasteiger partial charge in [0.2, 0.25) is 0 Å². The zero-order chi connectivity index (χ0) is 16.4. The van der Waals surface area contributed by atoms with Crippen LogP contribution in [0, 0.1) is 11.8 Å². The fourth-order valence-corrected chi connectivity index (χ4v) is 3.69. The molecule has 4 atom stereocenters. The van der Waals surface area contributed by atoms with Crippen molar-refractivity contribution in [2.24, 2.45) is 18.9 Å². The Morgan fingerprint density at radius 3 is 3.09 bits per heavy atom. The predicted octanol–water partition coefficient (Wildman–Crippen LogP) is 2.06. The highest BCUT2D eigenvalue weighted by Gasteiger charge is 2.39. The quantitative estimate of drug-likeness (QED) is 0.872. The van der Waals surface area contributed by atoms with Crippen molar-refractivity contribution in [3.63, 3.8) is 0 Å². The number of aliphatic hydroxyl groups excluding tert-OH is 1. The number of carbonyl (C=O) groups excluding carboxylic acids is 1. The average Bonchev–Trinajstić information content (AvgIpc) is 3.13. The van der Waals surface area contributed by atoms with Crippen LogP contribution in [0.1, 0.15) is 51.0 Å². The number of piperidine rings is 1. The highest BCUT2D eigenvalue weighted by atomic mass is 16.3. The Balaban J connectivity index is 1.54. The van der Waals surface area contributed by atoms with Crippen molar-refractivity contribution in [3.8, 4) is 0 Å². The van der Waals surface area contributed by atoms with E-state index in [2.05, 4.69) is 17.2 Å². The number of amides is 2. The van der Waals surface area contributed by atoms with E-state index in [0.717, 1.165) is 25.8 Å². The van der Waals surface area contributed by atoms with E-state index in [-0.39, 0.29) is 11.9 Å². The first-order chi connectivity index (χ1) is 11.1. The van der Waals surface area contributed by atoms with Gasteiger partial charge in [0, 0.05) is 44.5 Å². The van der Waals surface area contributed by atoms with Gasteiger partial charge in [0.05, 0.1) is 0 Å². The largest absolute Gasteiger partial charge is 0.385 e. The summed E-state index contributed by atoms with van der Waals surface area (Å²) in [6, 6.07) is 0.396. The van der Waals surface area contributed by atoms with Crippen molar-refractivity contribution >= 4 is 6.03 Å². The lowest BCUT2D eigenvalue weighted by Crippen LogP contribution is -2.47. The van der Waals surface area contributed by atoms with Gasteiger partial charge in [-0.2, -0.15) is 0 Å². The minimum absolute atomic E-state index is 0.0327. The SMILES string of the molecule is CCCC1CC1NC(=O)N1CCCC(C(O)c2nccn2C)C1. The highest BCUT2D eigenvalue weighted by Crippen LogP contribution is 2.35. The molecule has 1 saturated carbocycles. The number of nitrogens with one attached hydrogen (secondary N) is 1. The Hall–Kier alpha value is -1.56. The number of hydrogen-bond acceptors (Lipinski definition) is 3. The molecule has 2 aliphatic rings. The number of imidazole rings is 1. The Morgan fingerprint density at radius 1 is 1.57 bits per heavy atom. The second-order valence-electron chi connectivity index (χ2n) is 7.03. The molecule has 1 saturated heterocycles. The van der Waals surface area contributed by atoms with Crippen LogP contribution in [0.5, 0.6) is 0 Å². The maximum Gasteiger partial charge on any atom is 0.317 e. The van der Waals surface area contributed by atoms with E-state index in [1.807, 2.05) is 22.7 Å². The first-order valence-corrected chi connectivity index (χ1v) is 8.80. The lowest BCUT2D eigenvalue weighted by molar-refractivity contribution is 0.0531. The Bertz CT molecular complexity index is 544. The van der Waals surface area contributed by atoms with Crippen LogP contribution in [0.2, 0.25) is 0 Å². The van der Waals surface area contributed by atoms with Crippen molar-refractivity contribution < 1.29 is 9.90 Å². The van der Waals surface area contributed by atoms with Gasteiger partial charge in [0.1, 0.15) is 11.9 Å². The van der Waals surface area contributed by atoms with Crippen LogP contribution in [0.25, 0.3) is 0 Å². The minimum Gasteiger partial charge on any atom is -0.385 e. The fraction of sp³-hybridized carbons (Fsp3) is 0.765. The van der Waals surface area contributed by atoms with Gasteiger partial charge in [-0.25, -0.2) is 9.78 Å². The van der Waals surface area contributed by atoms with Crippen LogP contribution in [-0.4, -0.2) is 44.7 Å². The molecule has 2 amide bonds. The lowest BCUT2D eigenvalue weighted by atomic mass is 9.92. The zero-order valence-electron chi connectivity index (χ0n) is 14.1. The van der Waals surface area contributed by atoms with Crippen LogP contribution in [0.3, 0.4) is 0 Å². The summed E-state index contributed by atoms with van der Waals surface area (Å²) in [5.41, 5.74) is 0. The summed E-state index contributed by atoms with van der Waals surface area (Å²) < 4.78 is 1.85. The topological polar surface area (TPSA) is 70.4 Å². The molecule has 6 nitrogen and oxygen atoms in total. The van der Waals surface area contributed by atoms with Crippen LogP contribution in [-0.2, 0) is 7.05 Å². The maximum absolute atomic E-state index is 12.4. The maximum atomic E-state index is 12.4. The third-order valence-corrected chi connectivity index (χ3v) is 5.21. The molecule has 1 aromatic rings. The molecule has 2 N–H and O–H groups in total. The van der Waals surface area contributed by atoms with E-state index >= 15 is 0 Å². The normalized spacial score (nSPS) is 28.5. The van der Waals surface area contributed by atoms with Gasteiger partial charge < -0.3 is 19.9 Å². The van der Waals surface area contributed by atoms with Gasteiger partial charge in [0.25, 0.3) is 0 Å². The number of aromatic nitrogens is 2. The molecule has 1 aliphatic carbocycles. The molecule has 128 valence electrons. The fourth-order valence-electron chi connectivity index (χ4n) is 3.69. The van der Waals surface area contributed by atoms with Gasteiger partial charge in [-0.05, 0) is 31.6 Å². The van der Waals surface area contributed by atoms with Gasteiger partial charge >= 0.3 is 6.03 Å². The summed E-state index contributed by atoms with van der Waals surface area (Å²) in [5, 5.41) is 13.7. The predicted molar refractivity (Wildman–Crippen MR) is 87.8 cm³/mol. The zero-order valence-corrected chi connectivity index (χ0v) is 14.1. The molecule has 0 radical (unpaired) electrons. The van der Waals surface area contributed by atoms with Crippen LogP contribution in [0.15, 0.2) is 12.4 Å². The van der Waals surface area contributed by atoms with Crippen molar-refractivity contribution in [2.45, 2.75) is 51.2 Å². The lowest BCUT2D eigenvalue weighted by Gasteiger charge is -2.35. The first-order valence-electron chi connectivity index (χ1n) is 8.80. The van der Waals surface area contributed by atoms with Gasteiger partial charge in [-0.3, -0.25) is 0 Å². The molecule has 6 heteroatoms. The number of carbonyl (C=O) groups is 1. The number of nitrogens with zero attached hydrogens (tertiary/aromatic N) is 3. The molecule has 2 fully saturated rings. The smallest absolute Gasteiger partial charge is 0.317 e. The van der Waals surface area contributed by atoms with E-state index in [1.54, 1.807) is 6.20 Å². The standard InChI is InChI=1S/C17H28N4O2/c1-3-5-12-10-14(12)19-17(23)21-8-4-6-13(11-21)15(22)16-18-7-9-20(16)2/h7,9,12-15,22H,3-6,8,10-11H2,1-2H3,(H,19,23). The molecule has 4 unspecified atom stereocenters. The third kappa shape index (κ3) is 3.68. The molecule has 1 aromatic heterocycles. The first kappa shape index (κ1) is 16.3. The number of aliphatic hydroxyl groups is 1. The Kier molecular flexibility index (Phi) is 4.90. The number of aryl methyl sites for hydroxylation is 1. The molecule has 23 heavy (non-hydrogen) atoms.